The standard InChI is InChI=1S/C21H24N2O4S2/c1-3-26-14-11-9-13(10-12-14)18(24)22-21(28)23-19-17(20(25)27-4-2)15-7-5-6-8-16(15)29-19/h9-12H,3-8H2,1-2H3,(H2,22,23,24,28). The van der Waals surface area contributed by atoms with E-state index in [9.17, 15) is 9.59 Å². The first-order valence-electron chi connectivity index (χ1n) is 9.70. The molecule has 0 spiro atoms. The highest BCUT2D eigenvalue weighted by Crippen LogP contribution is 2.38. The molecule has 1 aliphatic carbocycles. The molecule has 6 nitrogen and oxygen atoms in total. The van der Waals surface area contributed by atoms with E-state index < -0.39 is 0 Å². The van der Waals surface area contributed by atoms with Gasteiger partial charge in [-0.25, -0.2) is 4.79 Å². The molecular weight excluding hydrogens is 408 g/mol. The Morgan fingerprint density at radius 2 is 1.83 bits per heavy atom. The maximum Gasteiger partial charge on any atom is 0.341 e. The fourth-order valence-electron chi connectivity index (χ4n) is 3.25. The number of ether oxygens (including phenoxy) is 2. The summed E-state index contributed by atoms with van der Waals surface area (Å²) in [6.45, 7) is 4.55. The van der Waals surface area contributed by atoms with E-state index >= 15 is 0 Å². The van der Waals surface area contributed by atoms with Gasteiger partial charge in [0.25, 0.3) is 5.91 Å². The molecule has 0 fully saturated rings. The molecule has 0 saturated heterocycles. The van der Waals surface area contributed by atoms with E-state index in [0.717, 1.165) is 31.2 Å². The van der Waals surface area contributed by atoms with Crippen molar-refractivity contribution in [1.82, 2.24) is 5.32 Å². The van der Waals surface area contributed by atoms with Crippen LogP contribution >= 0.6 is 23.6 Å². The first-order chi connectivity index (χ1) is 14.0. The van der Waals surface area contributed by atoms with E-state index in [1.165, 1.54) is 16.2 Å². The molecule has 0 aliphatic heterocycles. The van der Waals surface area contributed by atoms with Gasteiger partial charge in [-0.05, 0) is 81.6 Å². The molecule has 0 saturated carbocycles. The number of benzene rings is 1. The molecule has 1 amide bonds. The lowest BCUT2D eigenvalue weighted by atomic mass is 9.95. The van der Waals surface area contributed by atoms with Gasteiger partial charge in [0.2, 0.25) is 0 Å². The third-order valence-corrected chi connectivity index (χ3v) is 5.94. The summed E-state index contributed by atoms with van der Waals surface area (Å²) in [6, 6.07) is 6.83. The Balaban J connectivity index is 1.72. The number of thiophene rings is 1. The van der Waals surface area contributed by atoms with Gasteiger partial charge in [-0.1, -0.05) is 0 Å². The van der Waals surface area contributed by atoms with Crippen LogP contribution in [0.1, 0.15) is 57.8 Å². The fraction of sp³-hybridized carbons (Fsp3) is 0.381. The number of rotatable bonds is 6. The number of fused-ring (bicyclic) bond motifs is 1. The van der Waals surface area contributed by atoms with Crippen molar-refractivity contribution in [3.8, 4) is 5.75 Å². The SMILES string of the molecule is CCOC(=O)c1c(NC(=S)NC(=O)c2ccc(OCC)cc2)sc2c1CCCC2. The second kappa shape index (κ2) is 9.84. The maximum atomic E-state index is 12.5. The molecule has 1 heterocycles. The van der Waals surface area contributed by atoms with Crippen molar-refractivity contribution in [3.05, 3.63) is 45.8 Å². The molecule has 2 aromatic rings. The number of hydrogen-bond donors (Lipinski definition) is 2. The van der Waals surface area contributed by atoms with Crippen LogP contribution in [0.25, 0.3) is 0 Å². The average molecular weight is 433 g/mol. The van der Waals surface area contributed by atoms with Crippen LogP contribution in [0, 0.1) is 0 Å². The Kier molecular flexibility index (Phi) is 7.22. The molecule has 1 aliphatic rings. The summed E-state index contributed by atoms with van der Waals surface area (Å²) >= 11 is 6.83. The summed E-state index contributed by atoms with van der Waals surface area (Å²) in [5, 5.41) is 6.48. The number of esters is 1. The zero-order chi connectivity index (χ0) is 20.8. The third kappa shape index (κ3) is 5.13. The second-order valence-electron chi connectivity index (χ2n) is 6.50. The molecule has 29 heavy (non-hydrogen) atoms. The van der Waals surface area contributed by atoms with Crippen LogP contribution in [0.5, 0.6) is 5.75 Å². The minimum Gasteiger partial charge on any atom is -0.494 e. The van der Waals surface area contributed by atoms with Crippen LogP contribution in [-0.4, -0.2) is 30.2 Å². The molecule has 2 N–H and O–H groups in total. The van der Waals surface area contributed by atoms with Crippen LogP contribution in [0.4, 0.5) is 5.00 Å². The molecule has 0 atom stereocenters. The predicted molar refractivity (Wildman–Crippen MR) is 118 cm³/mol. The van der Waals surface area contributed by atoms with Gasteiger partial charge in [-0.15, -0.1) is 11.3 Å². The average Bonchev–Trinajstić information content (AvgIpc) is 3.06. The quantitative estimate of drug-likeness (QED) is 0.523. The molecule has 154 valence electrons. The highest BCUT2D eigenvalue weighted by Gasteiger charge is 2.27. The first-order valence-corrected chi connectivity index (χ1v) is 10.9. The van der Waals surface area contributed by atoms with Gasteiger partial charge in [-0.3, -0.25) is 10.1 Å². The van der Waals surface area contributed by atoms with Crippen LogP contribution in [0.15, 0.2) is 24.3 Å². The van der Waals surface area contributed by atoms with Crippen molar-refractivity contribution in [2.24, 2.45) is 0 Å². The minimum absolute atomic E-state index is 0.146. The highest BCUT2D eigenvalue weighted by atomic mass is 32.1. The summed E-state index contributed by atoms with van der Waals surface area (Å²) in [6.07, 6.45) is 3.95. The van der Waals surface area contributed by atoms with E-state index in [4.69, 9.17) is 21.7 Å². The Bertz CT molecular complexity index is 906. The number of anilines is 1. The molecule has 1 aromatic heterocycles. The van der Waals surface area contributed by atoms with Crippen molar-refractivity contribution in [2.45, 2.75) is 39.5 Å². The van der Waals surface area contributed by atoms with Gasteiger partial charge < -0.3 is 14.8 Å². The highest BCUT2D eigenvalue weighted by molar-refractivity contribution is 7.80. The molecular formula is C21H24N2O4S2. The van der Waals surface area contributed by atoms with Gasteiger partial charge in [0.1, 0.15) is 10.8 Å². The van der Waals surface area contributed by atoms with E-state index in [1.54, 1.807) is 31.2 Å². The normalized spacial score (nSPS) is 12.6. The predicted octanol–water partition coefficient (Wildman–Crippen LogP) is 4.33. The smallest absolute Gasteiger partial charge is 0.341 e. The van der Waals surface area contributed by atoms with Crippen molar-refractivity contribution < 1.29 is 19.1 Å². The lowest BCUT2D eigenvalue weighted by molar-refractivity contribution is 0.0526. The molecule has 3 rings (SSSR count). The molecule has 0 radical (unpaired) electrons. The molecule has 8 heteroatoms. The number of nitrogens with one attached hydrogen (secondary N) is 2. The number of aryl methyl sites for hydroxylation is 1. The van der Waals surface area contributed by atoms with Crippen LogP contribution in [-0.2, 0) is 17.6 Å². The minimum atomic E-state index is -0.352. The Labute approximate surface area is 179 Å². The summed E-state index contributed by atoms with van der Waals surface area (Å²) in [4.78, 5) is 26.2. The van der Waals surface area contributed by atoms with E-state index in [2.05, 4.69) is 10.6 Å². The first kappa shape index (κ1) is 21.3. The van der Waals surface area contributed by atoms with Gasteiger partial charge in [0.05, 0.1) is 18.8 Å². The molecule has 0 unspecified atom stereocenters. The third-order valence-electron chi connectivity index (χ3n) is 4.53. The van der Waals surface area contributed by atoms with E-state index in [1.807, 2.05) is 6.92 Å². The number of thiocarbonyl (C=S) groups is 1. The maximum absolute atomic E-state index is 12.5. The lowest BCUT2D eigenvalue weighted by Crippen LogP contribution is -2.34. The van der Waals surface area contributed by atoms with Crippen molar-refractivity contribution in [1.29, 1.82) is 0 Å². The molecule has 1 aromatic carbocycles. The fourth-order valence-corrected chi connectivity index (χ4v) is 4.79. The summed E-state index contributed by atoms with van der Waals surface area (Å²) < 4.78 is 10.6. The zero-order valence-electron chi connectivity index (χ0n) is 16.5. The van der Waals surface area contributed by atoms with Gasteiger partial charge >= 0.3 is 5.97 Å². The van der Waals surface area contributed by atoms with Crippen molar-refractivity contribution in [3.63, 3.8) is 0 Å². The van der Waals surface area contributed by atoms with E-state index in [0.29, 0.717) is 35.1 Å². The Morgan fingerprint density at radius 1 is 1.10 bits per heavy atom. The van der Waals surface area contributed by atoms with Crippen LogP contribution < -0.4 is 15.4 Å². The topological polar surface area (TPSA) is 76.7 Å². The van der Waals surface area contributed by atoms with Crippen LogP contribution in [0.3, 0.4) is 0 Å². The van der Waals surface area contributed by atoms with Crippen LogP contribution in [0.2, 0.25) is 0 Å². The number of carbonyl (C=O) groups excluding carboxylic acids is 2. The van der Waals surface area contributed by atoms with E-state index in [-0.39, 0.29) is 17.0 Å². The number of hydrogen-bond acceptors (Lipinski definition) is 6. The van der Waals surface area contributed by atoms with Gasteiger partial charge in [0, 0.05) is 10.4 Å². The monoisotopic (exact) mass is 432 g/mol. The summed E-state index contributed by atoms with van der Waals surface area (Å²) in [5.41, 5.74) is 2.06. The van der Waals surface area contributed by atoms with Crippen molar-refractivity contribution >= 4 is 45.5 Å². The number of amides is 1. The van der Waals surface area contributed by atoms with Gasteiger partial charge in [0.15, 0.2) is 5.11 Å². The largest absolute Gasteiger partial charge is 0.494 e. The second-order valence-corrected chi connectivity index (χ2v) is 8.01. The summed E-state index contributed by atoms with van der Waals surface area (Å²) in [5.74, 6) is 0.0209. The Morgan fingerprint density at radius 3 is 2.52 bits per heavy atom. The summed E-state index contributed by atoms with van der Waals surface area (Å²) in [7, 11) is 0. The van der Waals surface area contributed by atoms with Gasteiger partial charge in [-0.2, -0.15) is 0 Å². The van der Waals surface area contributed by atoms with Crippen molar-refractivity contribution in [2.75, 3.05) is 18.5 Å². The number of carbonyl (C=O) groups is 2. The zero-order valence-corrected chi connectivity index (χ0v) is 18.1. The Hall–Kier alpha value is -2.45. The molecule has 0 bridgehead atoms. The lowest BCUT2D eigenvalue weighted by Gasteiger charge is -2.13.